The number of hydrogen-bond donors (Lipinski definition) is 1. The Morgan fingerprint density at radius 3 is 2.59 bits per heavy atom. The quantitative estimate of drug-likeness (QED) is 0.199. The summed E-state index contributed by atoms with van der Waals surface area (Å²) in [5.41, 5.74) is 8.25. The molecule has 0 saturated heterocycles. The van der Waals surface area contributed by atoms with Gasteiger partial charge in [0.05, 0.1) is 16.5 Å². The van der Waals surface area contributed by atoms with Crippen molar-refractivity contribution in [1.82, 2.24) is 0 Å². The van der Waals surface area contributed by atoms with E-state index in [1.807, 2.05) is 6.07 Å². The van der Waals surface area contributed by atoms with Gasteiger partial charge in [-0.2, -0.15) is 5.26 Å². The van der Waals surface area contributed by atoms with Crippen molar-refractivity contribution in [2.24, 2.45) is 5.73 Å². The number of nitrogens with two attached hydrogens (primary N) is 1. The number of hydrogen-bond acceptors (Lipinski definition) is 6. The van der Waals surface area contributed by atoms with Crippen LogP contribution in [0.25, 0.3) is 0 Å². The summed E-state index contributed by atoms with van der Waals surface area (Å²) < 4.78 is 31.1. The Morgan fingerprint density at radius 2 is 1.82 bits per heavy atom. The number of benzene rings is 4. The van der Waals surface area contributed by atoms with E-state index in [2.05, 4.69) is 6.07 Å². The van der Waals surface area contributed by atoms with Crippen molar-refractivity contribution in [2.45, 2.75) is 12.5 Å². The van der Waals surface area contributed by atoms with Gasteiger partial charge < -0.3 is 19.9 Å². The van der Waals surface area contributed by atoms with Crippen LogP contribution in [0.3, 0.4) is 0 Å². The summed E-state index contributed by atoms with van der Waals surface area (Å²) in [4.78, 5) is 12.7. The summed E-state index contributed by atoms with van der Waals surface area (Å²) >= 11 is 12.0. The molecule has 0 radical (unpaired) electrons. The standard InChI is InChI=1S/C30H19Cl2FN2O4/c31-19-8-10-22(25(32)13-19)30(36)38-21-9-11-23-27(14-21)39-29(35)24(15-34)28(23)17-5-3-6-20(12-17)37-16-18-4-1-2-7-26(18)33/h1-14,28H,16,35H2. The molecule has 5 rings (SSSR count). The monoisotopic (exact) mass is 560 g/mol. The average Bonchev–Trinajstić information content (AvgIpc) is 2.92. The Balaban J connectivity index is 1.43. The van der Waals surface area contributed by atoms with Gasteiger partial charge >= 0.3 is 5.97 Å². The fourth-order valence-corrected chi connectivity index (χ4v) is 4.71. The van der Waals surface area contributed by atoms with Crippen molar-refractivity contribution in [2.75, 3.05) is 0 Å². The SMILES string of the molecule is N#CC1=C(N)Oc2cc(OC(=O)c3ccc(Cl)cc3Cl)ccc2C1c1cccc(OCc2ccccc2F)c1. The van der Waals surface area contributed by atoms with E-state index in [0.717, 1.165) is 0 Å². The molecule has 1 aliphatic rings. The van der Waals surface area contributed by atoms with Crippen molar-refractivity contribution in [3.8, 4) is 23.3 Å². The third-order valence-corrected chi connectivity index (χ3v) is 6.64. The fraction of sp³-hybridized carbons (Fsp3) is 0.0667. The van der Waals surface area contributed by atoms with Crippen molar-refractivity contribution < 1.29 is 23.4 Å². The molecule has 1 atom stereocenters. The predicted octanol–water partition coefficient (Wildman–Crippen LogP) is 7.15. The van der Waals surface area contributed by atoms with Gasteiger partial charge in [0, 0.05) is 22.2 Å². The van der Waals surface area contributed by atoms with Gasteiger partial charge in [0.25, 0.3) is 0 Å². The maximum absolute atomic E-state index is 14.0. The van der Waals surface area contributed by atoms with Gasteiger partial charge in [0.1, 0.15) is 41.3 Å². The zero-order valence-corrected chi connectivity index (χ0v) is 21.7. The van der Waals surface area contributed by atoms with Crippen LogP contribution in [-0.4, -0.2) is 5.97 Å². The Labute approximate surface area is 233 Å². The van der Waals surface area contributed by atoms with Gasteiger partial charge in [-0.25, -0.2) is 9.18 Å². The smallest absolute Gasteiger partial charge is 0.345 e. The molecule has 2 N–H and O–H groups in total. The van der Waals surface area contributed by atoms with Gasteiger partial charge in [0.15, 0.2) is 0 Å². The van der Waals surface area contributed by atoms with E-state index in [9.17, 15) is 14.4 Å². The second-order valence-corrected chi connectivity index (χ2v) is 9.43. The molecule has 0 aromatic heterocycles. The lowest BCUT2D eigenvalue weighted by molar-refractivity contribution is 0.0734. The summed E-state index contributed by atoms with van der Waals surface area (Å²) in [6.45, 7) is 0.0376. The van der Waals surface area contributed by atoms with Crippen LogP contribution < -0.4 is 19.9 Å². The number of fused-ring (bicyclic) bond motifs is 1. The third kappa shape index (κ3) is 5.53. The molecule has 6 nitrogen and oxygen atoms in total. The molecule has 1 aliphatic heterocycles. The summed E-state index contributed by atoms with van der Waals surface area (Å²) in [5, 5.41) is 10.4. The Kier molecular flexibility index (Phi) is 7.42. The lowest BCUT2D eigenvalue weighted by atomic mass is 9.83. The highest BCUT2D eigenvalue weighted by atomic mass is 35.5. The van der Waals surface area contributed by atoms with Gasteiger partial charge in [-0.3, -0.25) is 0 Å². The minimum atomic E-state index is -0.676. The first-order valence-electron chi connectivity index (χ1n) is 11.7. The van der Waals surface area contributed by atoms with Crippen molar-refractivity contribution in [3.05, 3.63) is 135 Å². The number of halogens is 3. The number of carbonyl (C=O) groups excluding carboxylic acids is 1. The van der Waals surface area contributed by atoms with E-state index in [1.165, 1.54) is 30.3 Å². The first-order valence-corrected chi connectivity index (χ1v) is 12.4. The molecule has 0 aliphatic carbocycles. The Hall–Kier alpha value is -4.51. The molecule has 0 bridgehead atoms. The van der Waals surface area contributed by atoms with Crippen LogP contribution in [-0.2, 0) is 6.61 Å². The van der Waals surface area contributed by atoms with Crippen molar-refractivity contribution >= 4 is 29.2 Å². The molecule has 1 unspecified atom stereocenters. The molecule has 1 heterocycles. The van der Waals surface area contributed by atoms with Crippen molar-refractivity contribution in [1.29, 1.82) is 5.26 Å². The van der Waals surface area contributed by atoms with Gasteiger partial charge in [-0.05, 0) is 48.0 Å². The van der Waals surface area contributed by atoms with Crippen LogP contribution in [0.1, 0.15) is 33.0 Å². The van der Waals surface area contributed by atoms with Crippen LogP contribution in [0.5, 0.6) is 17.2 Å². The van der Waals surface area contributed by atoms with Gasteiger partial charge in [-0.1, -0.05) is 59.6 Å². The highest BCUT2D eigenvalue weighted by Crippen LogP contribution is 2.44. The predicted molar refractivity (Wildman–Crippen MR) is 144 cm³/mol. The number of esters is 1. The summed E-state index contributed by atoms with van der Waals surface area (Å²) in [6.07, 6.45) is 0. The van der Waals surface area contributed by atoms with Crippen LogP contribution in [0.2, 0.25) is 10.0 Å². The average molecular weight is 561 g/mol. The molecule has 39 heavy (non-hydrogen) atoms. The number of allylic oxidation sites excluding steroid dienone is 1. The van der Waals surface area contributed by atoms with E-state index in [4.69, 9.17) is 43.1 Å². The van der Waals surface area contributed by atoms with Crippen LogP contribution in [0, 0.1) is 17.1 Å². The van der Waals surface area contributed by atoms with E-state index < -0.39 is 11.9 Å². The van der Waals surface area contributed by atoms with E-state index >= 15 is 0 Å². The topological polar surface area (TPSA) is 94.6 Å². The van der Waals surface area contributed by atoms with Crippen LogP contribution in [0.4, 0.5) is 4.39 Å². The van der Waals surface area contributed by atoms with Crippen LogP contribution >= 0.6 is 23.2 Å². The molecule has 9 heteroatoms. The zero-order chi connectivity index (χ0) is 27.5. The molecule has 194 valence electrons. The molecule has 0 saturated carbocycles. The number of nitrogens with zero attached hydrogens (tertiary/aromatic N) is 1. The molecule has 0 fully saturated rings. The molecule has 0 spiro atoms. The molecular formula is C30H19Cl2FN2O4. The van der Waals surface area contributed by atoms with E-state index in [0.29, 0.717) is 33.2 Å². The summed E-state index contributed by atoms with van der Waals surface area (Å²) in [6, 6.07) is 24.9. The fourth-order valence-electron chi connectivity index (χ4n) is 4.22. The Bertz CT molecular complexity index is 1670. The normalized spacial score (nSPS) is 14.2. The van der Waals surface area contributed by atoms with E-state index in [-0.39, 0.29) is 40.2 Å². The number of carbonyl (C=O) groups is 1. The molecule has 4 aromatic rings. The van der Waals surface area contributed by atoms with Gasteiger partial charge in [-0.15, -0.1) is 0 Å². The highest BCUT2D eigenvalue weighted by Gasteiger charge is 2.31. The molecule has 4 aromatic carbocycles. The molecule has 0 amide bonds. The summed E-state index contributed by atoms with van der Waals surface area (Å²) in [5.74, 6) is -0.678. The lowest BCUT2D eigenvalue weighted by Crippen LogP contribution is -2.21. The second-order valence-electron chi connectivity index (χ2n) is 8.59. The van der Waals surface area contributed by atoms with E-state index in [1.54, 1.807) is 48.5 Å². The number of rotatable bonds is 6. The third-order valence-electron chi connectivity index (χ3n) is 6.10. The maximum Gasteiger partial charge on any atom is 0.345 e. The highest BCUT2D eigenvalue weighted by molar-refractivity contribution is 6.36. The number of ether oxygens (including phenoxy) is 3. The first kappa shape index (κ1) is 26.1. The van der Waals surface area contributed by atoms with Gasteiger partial charge in [0.2, 0.25) is 5.88 Å². The summed E-state index contributed by atoms with van der Waals surface area (Å²) in [7, 11) is 0. The lowest BCUT2D eigenvalue weighted by Gasteiger charge is -2.27. The Morgan fingerprint density at radius 1 is 1.00 bits per heavy atom. The first-order chi connectivity index (χ1) is 18.8. The maximum atomic E-state index is 14.0. The minimum Gasteiger partial charge on any atom is -0.489 e. The second kappa shape index (κ2) is 11.1. The molecular weight excluding hydrogens is 542 g/mol. The van der Waals surface area contributed by atoms with Crippen LogP contribution in [0.15, 0.2) is 96.4 Å². The zero-order valence-electron chi connectivity index (χ0n) is 20.2. The number of nitriles is 1. The largest absolute Gasteiger partial charge is 0.489 e. The minimum absolute atomic E-state index is 0.0376. The van der Waals surface area contributed by atoms with Crippen molar-refractivity contribution in [3.63, 3.8) is 0 Å².